The quantitative estimate of drug-likeness (QED) is 0.659. The molecule has 0 aromatic heterocycles. The van der Waals surface area contributed by atoms with Gasteiger partial charge in [-0.3, -0.25) is 4.74 Å². The number of hydrogen-bond acceptors (Lipinski definition) is 3. The first-order chi connectivity index (χ1) is 6.38. The van der Waals surface area contributed by atoms with Gasteiger partial charge in [0, 0.05) is 0 Å². The van der Waals surface area contributed by atoms with Crippen LogP contribution in [-0.4, -0.2) is 29.6 Å². The van der Waals surface area contributed by atoms with E-state index in [4.69, 9.17) is 10.0 Å². The average Bonchev–Trinajstić information content (AvgIpc) is 2.02. The first-order valence-electron chi connectivity index (χ1n) is 3.87. The van der Waals surface area contributed by atoms with E-state index in [0.717, 1.165) is 6.08 Å². The lowest BCUT2D eigenvalue weighted by Crippen LogP contribution is -2.24. The predicted octanol–water partition coefficient (Wildman–Crippen LogP) is 0.790. The van der Waals surface area contributed by atoms with E-state index in [1.807, 2.05) is 0 Å². The number of halogens is 3. The summed E-state index contributed by atoms with van der Waals surface area (Å²) in [4.78, 5) is 0. The first kappa shape index (κ1) is 11.3. The van der Waals surface area contributed by atoms with Crippen LogP contribution in [0.15, 0.2) is 23.7 Å². The summed E-state index contributed by atoms with van der Waals surface area (Å²) in [5, 5.41) is 17.3. The Labute approximate surface area is 78.6 Å². The molecule has 0 aromatic rings. The fraction of sp³-hybridized carbons (Fsp3) is 0.429. The molecule has 1 unspecified atom stereocenters. The largest absolute Gasteiger partial charge is 0.523 e. The zero-order chi connectivity index (χ0) is 10.8. The molecule has 0 radical (unpaired) electrons. The Morgan fingerprint density at radius 3 is 2.43 bits per heavy atom. The summed E-state index contributed by atoms with van der Waals surface area (Å²) in [5.41, 5.74) is 0.173. The van der Waals surface area contributed by atoms with E-state index >= 15 is 0 Å². The van der Waals surface area contributed by atoms with Gasteiger partial charge in [-0.25, -0.2) is 0 Å². The van der Waals surface area contributed by atoms with Crippen LogP contribution in [0.4, 0.5) is 13.2 Å². The van der Waals surface area contributed by atoms with Gasteiger partial charge in [0.05, 0.1) is 6.10 Å². The van der Waals surface area contributed by atoms with Crippen LogP contribution < -0.4 is 0 Å². The molecule has 1 rings (SSSR count). The molecule has 1 atom stereocenters. The number of alkyl halides is 3. The molecule has 3 nitrogen and oxygen atoms in total. The molecule has 0 spiro atoms. The lowest BCUT2D eigenvalue weighted by molar-refractivity contribution is -0.335. The van der Waals surface area contributed by atoms with Gasteiger partial charge in [0.25, 0.3) is 0 Å². The second kappa shape index (κ2) is 4.16. The van der Waals surface area contributed by atoms with Crippen molar-refractivity contribution >= 4 is 7.12 Å². The van der Waals surface area contributed by atoms with Gasteiger partial charge >= 0.3 is 13.5 Å². The number of hydrogen-bond donors (Lipinski definition) is 2. The van der Waals surface area contributed by atoms with E-state index in [1.54, 1.807) is 0 Å². The highest BCUT2D eigenvalue weighted by Gasteiger charge is 2.33. The third kappa shape index (κ3) is 3.53. The normalized spacial score (nSPS) is 22.1. The minimum absolute atomic E-state index is 0.0248. The first-order valence-corrected chi connectivity index (χ1v) is 3.87. The molecular weight excluding hydrogens is 200 g/mol. The molecule has 14 heavy (non-hydrogen) atoms. The van der Waals surface area contributed by atoms with Crippen molar-refractivity contribution in [1.82, 2.24) is 0 Å². The highest BCUT2D eigenvalue weighted by atomic mass is 19.4. The summed E-state index contributed by atoms with van der Waals surface area (Å²) in [5.74, 6) is 0. The van der Waals surface area contributed by atoms with Crippen molar-refractivity contribution < 1.29 is 28.0 Å². The maximum absolute atomic E-state index is 11.7. The highest BCUT2D eigenvalue weighted by Crippen LogP contribution is 2.23. The maximum atomic E-state index is 11.7. The Bertz CT molecular complexity index is 259. The van der Waals surface area contributed by atoms with Crippen molar-refractivity contribution in [3.63, 3.8) is 0 Å². The van der Waals surface area contributed by atoms with Crippen LogP contribution >= 0.6 is 0 Å². The lowest BCUT2D eigenvalue weighted by atomic mass is 9.76. The van der Waals surface area contributed by atoms with E-state index in [1.165, 1.54) is 12.2 Å². The molecule has 0 aliphatic heterocycles. The summed E-state index contributed by atoms with van der Waals surface area (Å²) in [6.45, 7) is 0. The van der Waals surface area contributed by atoms with Crippen LogP contribution in [0.25, 0.3) is 0 Å². The zero-order valence-corrected chi connectivity index (χ0v) is 7.03. The third-order valence-corrected chi connectivity index (χ3v) is 1.67. The standard InChI is InChI=1S/C7H8BF3O3/c9-7(10,11)14-6-3-1-5(2-4-6)8(12)13/h1-3,6,12-13H,4H2. The topological polar surface area (TPSA) is 49.7 Å². The van der Waals surface area contributed by atoms with E-state index in [0.29, 0.717) is 0 Å². The summed E-state index contributed by atoms with van der Waals surface area (Å²) in [6, 6.07) is 0. The molecule has 0 amide bonds. The van der Waals surface area contributed by atoms with Gasteiger partial charge in [-0.1, -0.05) is 18.2 Å². The molecule has 0 saturated carbocycles. The molecular formula is C7H8BF3O3. The van der Waals surface area contributed by atoms with Gasteiger partial charge in [0.1, 0.15) is 0 Å². The van der Waals surface area contributed by atoms with Crippen molar-refractivity contribution in [2.45, 2.75) is 18.9 Å². The van der Waals surface area contributed by atoms with Crippen molar-refractivity contribution in [1.29, 1.82) is 0 Å². The molecule has 0 aromatic carbocycles. The molecule has 7 heteroatoms. The van der Waals surface area contributed by atoms with Crippen LogP contribution in [0.3, 0.4) is 0 Å². The minimum Gasteiger partial charge on any atom is -0.423 e. The van der Waals surface area contributed by atoms with Crippen LogP contribution in [-0.2, 0) is 4.74 Å². The molecule has 78 valence electrons. The molecule has 1 aliphatic rings. The summed E-state index contributed by atoms with van der Waals surface area (Å²) >= 11 is 0. The summed E-state index contributed by atoms with van der Waals surface area (Å²) in [6.07, 6.45) is -2.15. The van der Waals surface area contributed by atoms with Crippen molar-refractivity contribution in [3.05, 3.63) is 23.7 Å². The molecule has 2 N–H and O–H groups in total. The van der Waals surface area contributed by atoms with E-state index in [9.17, 15) is 13.2 Å². The second-order valence-electron chi connectivity index (χ2n) is 2.77. The number of allylic oxidation sites excluding steroid dienone is 2. The predicted molar refractivity (Wildman–Crippen MR) is 43.0 cm³/mol. The Hall–Kier alpha value is -0.785. The fourth-order valence-corrected chi connectivity index (χ4v) is 1.07. The van der Waals surface area contributed by atoms with Crippen LogP contribution in [0.5, 0.6) is 0 Å². The zero-order valence-electron chi connectivity index (χ0n) is 7.03. The molecule has 1 aliphatic carbocycles. The fourth-order valence-electron chi connectivity index (χ4n) is 1.07. The van der Waals surface area contributed by atoms with Crippen molar-refractivity contribution in [2.75, 3.05) is 0 Å². The number of rotatable bonds is 2. The summed E-state index contributed by atoms with van der Waals surface area (Å²) < 4.78 is 38.9. The van der Waals surface area contributed by atoms with Gasteiger partial charge in [0.2, 0.25) is 0 Å². The molecule has 0 heterocycles. The Balaban J connectivity index is 2.49. The van der Waals surface area contributed by atoms with E-state index in [2.05, 4.69) is 4.74 Å². The van der Waals surface area contributed by atoms with Crippen LogP contribution in [0.1, 0.15) is 6.42 Å². The van der Waals surface area contributed by atoms with Gasteiger partial charge in [-0.2, -0.15) is 0 Å². The Morgan fingerprint density at radius 2 is 2.07 bits per heavy atom. The average molecular weight is 208 g/mol. The van der Waals surface area contributed by atoms with Gasteiger partial charge in [0.15, 0.2) is 0 Å². The van der Waals surface area contributed by atoms with Gasteiger partial charge in [-0.15, -0.1) is 13.2 Å². The van der Waals surface area contributed by atoms with Crippen molar-refractivity contribution in [3.8, 4) is 0 Å². The second-order valence-corrected chi connectivity index (χ2v) is 2.77. The number of ether oxygens (including phenoxy) is 1. The highest BCUT2D eigenvalue weighted by molar-refractivity contribution is 6.51. The molecule has 0 fully saturated rings. The van der Waals surface area contributed by atoms with Crippen LogP contribution in [0.2, 0.25) is 0 Å². The van der Waals surface area contributed by atoms with E-state index in [-0.39, 0.29) is 11.9 Å². The molecule has 0 bridgehead atoms. The molecule has 0 saturated heterocycles. The lowest BCUT2D eigenvalue weighted by Gasteiger charge is -2.18. The van der Waals surface area contributed by atoms with Gasteiger partial charge < -0.3 is 10.0 Å². The Kier molecular flexibility index (Phi) is 3.36. The summed E-state index contributed by atoms with van der Waals surface area (Å²) in [7, 11) is -1.65. The van der Waals surface area contributed by atoms with Crippen LogP contribution in [0, 0.1) is 0 Å². The monoisotopic (exact) mass is 208 g/mol. The third-order valence-electron chi connectivity index (χ3n) is 1.67. The maximum Gasteiger partial charge on any atom is 0.523 e. The minimum atomic E-state index is -4.67. The Morgan fingerprint density at radius 1 is 1.43 bits per heavy atom. The SMILES string of the molecule is OB(O)C1=CCC(OC(F)(F)F)C=C1. The smallest absolute Gasteiger partial charge is 0.423 e. The van der Waals surface area contributed by atoms with Crippen molar-refractivity contribution in [2.24, 2.45) is 0 Å². The van der Waals surface area contributed by atoms with E-state index < -0.39 is 19.6 Å². The van der Waals surface area contributed by atoms with Gasteiger partial charge in [-0.05, 0) is 11.9 Å².